The molecule has 1 saturated heterocycles. The SMILES string of the molecule is O=S(=O)(CC1CCCOC1)Nc1cnc(C2CC2)nc1. The average molecular weight is 297 g/mol. The molecule has 2 heterocycles. The third kappa shape index (κ3) is 3.67. The monoisotopic (exact) mass is 297 g/mol. The van der Waals surface area contributed by atoms with Crippen molar-refractivity contribution >= 4 is 15.7 Å². The van der Waals surface area contributed by atoms with E-state index in [1.165, 1.54) is 0 Å². The number of rotatable bonds is 5. The molecule has 1 aliphatic carbocycles. The Hall–Kier alpha value is -1.21. The zero-order valence-corrected chi connectivity index (χ0v) is 12.1. The fraction of sp³-hybridized carbons (Fsp3) is 0.692. The predicted molar refractivity (Wildman–Crippen MR) is 75.0 cm³/mol. The molecule has 0 amide bonds. The second-order valence-electron chi connectivity index (χ2n) is 5.57. The largest absolute Gasteiger partial charge is 0.381 e. The molecule has 0 radical (unpaired) electrons. The van der Waals surface area contributed by atoms with Crippen molar-refractivity contribution in [3.8, 4) is 0 Å². The number of ether oxygens (including phenoxy) is 1. The lowest BCUT2D eigenvalue weighted by Gasteiger charge is -2.21. The van der Waals surface area contributed by atoms with Crippen molar-refractivity contribution in [1.29, 1.82) is 0 Å². The summed E-state index contributed by atoms with van der Waals surface area (Å²) in [4.78, 5) is 8.42. The van der Waals surface area contributed by atoms with E-state index in [1.54, 1.807) is 12.4 Å². The Morgan fingerprint density at radius 3 is 2.60 bits per heavy atom. The van der Waals surface area contributed by atoms with Crippen LogP contribution in [0.2, 0.25) is 0 Å². The van der Waals surface area contributed by atoms with Crippen LogP contribution in [-0.4, -0.2) is 37.4 Å². The van der Waals surface area contributed by atoms with Crippen LogP contribution in [0.4, 0.5) is 5.69 Å². The summed E-state index contributed by atoms with van der Waals surface area (Å²) >= 11 is 0. The van der Waals surface area contributed by atoms with Gasteiger partial charge in [-0.15, -0.1) is 0 Å². The lowest BCUT2D eigenvalue weighted by molar-refractivity contribution is 0.0626. The average Bonchev–Trinajstić information content (AvgIpc) is 3.24. The number of aromatic nitrogens is 2. The minimum atomic E-state index is -3.36. The summed E-state index contributed by atoms with van der Waals surface area (Å²) in [6, 6.07) is 0. The third-order valence-electron chi connectivity index (χ3n) is 3.60. The Balaban J connectivity index is 1.59. The van der Waals surface area contributed by atoms with Gasteiger partial charge in [0.1, 0.15) is 5.82 Å². The van der Waals surface area contributed by atoms with Crippen molar-refractivity contribution < 1.29 is 13.2 Å². The van der Waals surface area contributed by atoms with Gasteiger partial charge in [0.15, 0.2) is 0 Å². The van der Waals surface area contributed by atoms with E-state index in [4.69, 9.17) is 4.74 Å². The molecule has 3 rings (SSSR count). The summed E-state index contributed by atoms with van der Waals surface area (Å²) in [5.41, 5.74) is 0.436. The number of nitrogens with zero attached hydrogens (tertiary/aromatic N) is 2. The molecule has 0 bridgehead atoms. The van der Waals surface area contributed by atoms with Gasteiger partial charge in [-0.2, -0.15) is 0 Å². The zero-order chi connectivity index (χ0) is 14.0. The van der Waals surface area contributed by atoms with Gasteiger partial charge in [-0.05, 0) is 31.6 Å². The molecular weight excluding hydrogens is 278 g/mol. The highest BCUT2D eigenvalue weighted by Gasteiger charge is 2.26. The smallest absolute Gasteiger partial charge is 0.233 e. The fourth-order valence-electron chi connectivity index (χ4n) is 2.41. The van der Waals surface area contributed by atoms with E-state index in [2.05, 4.69) is 14.7 Å². The second-order valence-corrected chi connectivity index (χ2v) is 7.34. The van der Waals surface area contributed by atoms with Crippen LogP contribution in [0.3, 0.4) is 0 Å². The van der Waals surface area contributed by atoms with Gasteiger partial charge in [0.25, 0.3) is 0 Å². The Morgan fingerprint density at radius 1 is 1.25 bits per heavy atom. The Morgan fingerprint density at radius 2 is 2.00 bits per heavy atom. The number of nitrogens with one attached hydrogen (secondary N) is 1. The first-order chi connectivity index (χ1) is 9.62. The lowest BCUT2D eigenvalue weighted by atomic mass is 10.1. The summed E-state index contributed by atoms with van der Waals surface area (Å²) < 4.78 is 32.0. The molecule has 2 aliphatic rings. The Bertz CT molecular complexity index is 549. The maximum Gasteiger partial charge on any atom is 0.233 e. The molecule has 2 fully saturated rings. The van der Waals surface area contributed by atoms with Crippen LogP contribution in [0.1, 0.15) is 37.4 Å². The van der Waals surface area contributed by atoms with Crippen LogP contribution < -0.4 is 4.72 Å². The number of hydrogen-bond acceptors (Lipinski definition) is 5. The molecule has 7 heteroatoms. The summed E-state index contributed by atoms with van der Waals surface area (Å²) in [7, 11) is -3.36. The number of hydrogen-bond donors (Lipinski definition) is 1. The Kier molecular flexibility index (Phi) is 3.89. The highest BCUT2D eigenvalue weighted by molar-refractivity contribution is 7.92. The van der Waals surface area contributed by atoms with Crippen molar-refractivity contribution in [1.82, 2.24) is 9.97 Å². The molecule has 6 nitrogen and oxygen atoms in total. The van der Waals surface area contributed by atoms with Gasteiger partial charge in [-0.1, -0.05) is 0 Å². The molecule has 110 valence electrons. The summed E-state index contributed by atoms with van der Waals surface area (Å²) in [6.45, 7) is 1.26. The standard InChI is InChI=1S/C13H19N3O3S/c17-20(18,9-10-2-1-5-19-8-10)16-12-6-14-13(15-7-12)11-3-4-11/h6-7,10-11,16H,1-5,8-9H2. The van der Waals surface area contributed by atoms with Crippen LogP contribution >= 0.6 is 0 Å². The zero-order valence-electron chi connectivity index (χ0n) is 11.3. The van der Waals surface area contributed by atoms with Gasteiger partial charge in [0.05, 0.1) is 30.4 Å². The number of sulfonamides is 1. The Labute approximate surface area is 119 Å². The molecule has 20 heavy (non-hydrogen) atoms. The highest BCUT2D eigenvalue weighted by atomic mass is 32.2. The normalized spacial score (nSPS) is 23.5. The van der Waals surface area contributed by atoms with Crippen LogP contribution in [0.5, 0.6) is 0 Å². The van der Waals surface area contributed by atoms with Gasteiger partial charge in [-0.3, -0.25) is 4.72 Å². The van der Waals surface area contributed by atoms with Crippen LogP contribution in [-0.2, 0) is 14.8 Å². The van der Waals surface area contributed by atoms with Crippen LogP contribution in [0.15, 0.2) is 12.4 Å². The molecule has 0 aromatic carbocycles. The summed E-state index contributed by atoms with van der Waals surface area (Å²) in [6.07, 6.45) is 7.20. The lowest BCUT2D eigenvalue weighted by Crippen LogP contribution is -2.28. The molecule has 1 aliphatic heterocycles. The maximum atomic E-state index is 12.1. The molecule has 1 atom stereocenters. The number of anilines is 1. The quantitative estimate of drug-likeness (QED) is 0.891. The van der Waals surface area contributed by atoms with E-state index in [9.17, 15) is 8.42 Å². The van der Waals surface area contributed by atoms with Gasteiger partial charge in [-0.25, -0.2) is 18.4 Å². The first-order valence-electron chi connectivity index (χ1n) is 7.02. The molecule has 0 spiro atoms. The van der Waals surface area contributed by atoms with Crippen molar-refractivity contribution in [2.24, 2.45) is 5.92 Å². The van der Waals surface area contributed by atoms with Gasteiger partial charge in [0.2, 0.25) is 10.0 Å². The third-order valence-corrected chi connectivity index (χ3v) is 5.05. The summed E-state index contributed by atoms with van der Waals surface area (Å²) in [5.74, 6) is 1.46. The molecule has 1 saturated carbocycles. The first kappa shape index (κ1) is 13.8. The van der Waals surface area contributed by atoms with E-state index in [0.29, 0.717) is 18.2 Å². The van der Waals surface area contributed by atoms with Gasteiger partial charge in [0, 0.05) is 12.5 Å². The maximum absolute atomic E-state index is 12.1. The van der Waals surface area contributed by atoms with Crippen molar-refractivity contribution in [3.05, 3.63) is 18.2 Å². The van der Waals surface area contributed by atoms with Crippen LogP contribution in [0.25, 0.3) is 0 Å². The fourth-order valence-corrected chi connectivity index (χ4v) is 3.84. The van der Waals surface area contributed by atoms with E-state index in [-0.39, 0.29) is 11.7 Å². The molecule has 1 aromatic rings. The van der Waals surface area contributed by atoms with Crippen molar-refractivity contribution in [2.75, 3.05) is 23.7 Å². The van der Waals surface area contributed by atoms with Gasteiger partial charge < -0.3 is 4.74 Å². The molecule has 1 unspecified atom stereocenters. The molecule has 1 aromatic heterocycles. The minimum absolute atomic E-state index is 0.0768. The first-order valence-corrected chi connectivity index (χ1v) is 8.68. The second kappa shape index (κ2) is 5.65. The highest BCUT2D eigenvalue weighted by Crippen LogP contribution is 2.37. The topological polar surface area (TPSA) is 81.2 Å². The minimum Gasteiger partial charge on any atom is -0.381 e. The van der Waals surface area contributed by atoms with Gasteiger partial charge >= 0.3 is 0 Å². The summed E-state index contributed by atoms with van der Waals surface area (Å²) in [5, 5.41) is 0. The van der Waals surface area contributed by atoms with E-state index in [0.717, 1.165) is 38.1 Å². The van der Waals surface area contributed by atoms with Crippen molar-refractivity contribution in [2.45, 2.75) is 31.6 Å². The van der Waals surface area contributed by atoms with Crippen molar-refractivity contribution in [3.63, 3.8) is 0 Å². The van der Waals surface area contributed by atoms with E-state index >= 15 is 0 Å². The van der Waals surface area contributed by atoms with E-state index in [1.807, 2.05) is 0 Å². The van der Waals surface area contributed by atoms with E-state index < -0.39 is 10.0 Å². The molecule has 1 N–H and O–H groups in total. The predicted octanol–water partition coefficient (Wildman–Crippen LogP) is 1.52. The molecular formula is C13H19N3O3S. The van der Waals surface area contributed by atoms with Crippen LogP contribution in [0, 0.1) is 5.92 Å².